The first-order valence-electron chi connectivity index (χ1n) is 14.8. The van der Waals surface area contributed by atoms with Crippen LogP contribution in [0.1, 0.15) is 44.5 Å². The number of anilines is 1. The quantitative estimate of drug-likeness (QED) is 0.221. The Morgan fingerprint density at radius 1 is 0.978 bits per heavy atom. The first-order chi connectivity index (χ1) is 21.9. The van der Waals surface area contributed by atoms with E-state index in [0.717, 1.165) is 22.5 Å². The van der Waals surface area contributed by atoms with Gasteiger partial charge in [-0.25, -0.2) is 19.7 Å². The number of hydrogen-bond donors (Lipinski definition) is 1. The summed E-state index contributed by atoms with van der Waals surface area (Å²) in [6.07, 6.45) is 3.02. The van der Waals surface area contributed by atoms with Crippen molar-refractivity contribution in [1.82, 2.24) is 24.3 Å². The minimum absolute atomic E-state index is 0.278. The predicted molar refractivity (Wildman–Crippen MR) is 177 cm³/mol. The van der Waals surface area contributed by atoms with E-state index in [1.807, 2.05) is 78.2 Å². The van der Waals surface area contributed by atoms with Gasteiger partial charge in [-0.15, -0.1) is 0 Å². The molecule has 2 amide bonds. The molecule has 10 heteroatoms. The summed E-state index contributed by atoms with van der Waals surface area (Å²) in [6.45, 7) is 8.95. The summed E-state index contributed by atoms with van der Waals surface area (Å²) in [7, 11) is 3.09. The molecule has 0 radical (unpaired) electrons. The van der Waals surface area contributed by atoms with Gasteiger partial charge in [-0.1, -0.05) is 24.1 Å². The molecule has 0 fully saturated rings. The molecule has 0 aliphatic carbocycles. The number of pyridine rings is 3. The number of methoxy groups -OCH3 is 1. The molecule has 4 heterocycles. The monoisotopic (exact) mass is 616 g/mol. The van der Waals surface area contributed by atoms with Crippen LogP contribution in [-0.4, -0.2) is 62.1 Å². The van der Waals surface area contributed by atoms with Crippen LogP contribution in [0.5, 0.6) is 5.88 Å². The highest BCUT2D eigenvalue weighted by molar-refractivity contribution is 5.96. The number of carbonyl (C=O) groups excluding carboxylic acids is 2. The fraction of sp³-hybridized carbons (Fsp3) is 0.250. The van der Waals surface area contributed by atoms with Gasteiger partial charge in [0.2, 0.25) is 11.8 Å². The van der Waals surface area contributed by atoms with Crippen LogP contribution in [0.3, 0.4) is 0 Å². The van der Waals surface area contributed by atoms with Crippen molar-refractivity contribution in [2.75, 3.05) is 19.5 Å². The predicted octanol–water partition coefficient (Wildman–Crippen LogP) is 6.37. The van der Waals surface area contributed by atoms with Crippen molar-refractivity contribution in [3.63, 3.8) is 0 Å². The normalized spacial score (nSPS) is 11.7. The summed E-state index contributed by atoms with van der Waals surface area (Å²) in [5, 5.41) is 2.84. The molecular weight excluding hydrogens is 580 g/mol. The lowest BCUT2D eigenvalue weighted by Gasteiger charge is -2.28. The van der Waals surface area contributed by atoms with Crippen molar-refractivity contribution in [3.8, 4) is 40.2 Å². The number of amides is 2. The van der Waals surface area contributed by atoms with Gasteiger partial charge in [0.05, 0.1) is 18.4 Å². The molecule has 0 unspecified atom stereocenters. The number of aryl methyl sites for hydroxylation is 1. The molecule has 0 aliphatic rings. The lowest BCUT2D eigenvalue weighted by Crippen LogP contribution is -2.45. The van der Waals surface area contributed by atoms with Gasteiger partial charge >= 0.3 is 6.09 Å². The van der Waals surface area contributed by atoms with E-state index in [-0.39, 0.29) is 5.82 Å². The number of aromatic nitrogens is 4. The molecule has 0 spiro atoms. The second kappa shape index (κ2) is 13.1. The first kappa shape index (κ1) is 31.7. The standard InChI is InChI=1S/C36H36N6O4/c1-23-19-21-42-30(22-23)40-31(27-14-11-20-37-34(27)45-7)32(42)26-16-18-29(38-28(26)17-15-25-12-9-8-10-13-25)39-33(43)24(2)41(6)35(44)46-36(3,4)5/h8-14,16,18-22,24H,1-7H3,(H,38,39,43)/t24-/m0/s1. The molecule has 0 saturated heterocycles. The summed E-state index contributed by atoms with van der Waals surface area (Å²) < 4.78 is 13.0. The van der Waals surface area contributed by atoms with Gasteiger partial charge in [0, 0.05) is 30.6 Å². The Morgan fingerprint density at radius 2 is 1.74 bits per heavy atom. The zero-order chi connectivity index (χ0) is 33.0. The van der Waals surface area contributed by atoms with Crippen molar-refractivity contribution in [2.24, 2.45) is 0 Å². The van der Waals surface area contributed by atoms with Gasteiger partial charge in [0.25, 0.3) is 0 Å². The molecule has 0 saturated carbocycles. The van der Waals surface area contributed by atoms with Crippen LogP contribution < -0.4 is 10.1 Å². The van der Waals surface area contributed by atoms with E-state index >= 15 is 0 Å². The second-order valence-electron chi connectivity index (χ2n) is 11.8. The topological polar surface area (TPSA) is 111 Å². The van der Waals surface area contributed by atoms with Gasteiger partial charge in [0.15, 0.2) is 0 Å². The van der Waals surface area contributed by atoms with Crippen LogP contribution >= 0.6 is 0 Å². The van der Waals surface area contributed by atoms with Gasteiger partial charge in [-0.3, -0.25) is 14.1 Å². The number of imidazole rings is 1. The lowest BCUT2D eigenvalue weighted by atomic mass is 10.0. The molecule has 4 aromatic heterocycles. The van der Waals surface area contributed by atoms with Gasteiger partial charge in [0.1, 0.15) is 34.5 Å². The number of ether oxygens (including phenoxy) is 2. The summed E-state index contributed by atoms with van der Waals surface area (Å²) in [5.74, 6) is 6.71. The minimum Gasteiger partial charge on any atom is -0.481 e. The minimum atomic E-state index is -0.832. The number of benzene rings is 1. The van der Waals surface area contributed by atoms with E-state index in [9.17, 15) is 9.59 Å². The highest BCUT2D eigenvalue weighted by Gasteiger charge is 2.28. The number of nitrogens with zero attached hydrogens (tertiary/aromatic N) is 5. The molecular formula is C36H36N6O4. The summed E-state index contributed by atoms with van der Waals surface area (Å²) in [4.78, 5) is 41.3. The van der Waals surface area contributed by atoms with E-state index < -0.39 is 23.6 Å². The Kier molecular flexibility index (Phi) is 9.05. The van der Waals surface area contributed by atoms with Gasteiger partial charge in [-0.05, 0) is 94.6 Å². The Bertz CT molecular complexity index is 1970. The second-order valence-corrected chi connectivity index (χ2v) is 11.8. The van der Waals surface area contributed by atoms with E-state index in [4.69, 9.17) is 19.4 Å². The zero-order valence-corrected chi connectivity index (χ0v) is 27.0. The third kappa shape index (κ3) is 7.00. The van der Waals surface area contributed by atoms with Crippen molar-refractivity contribution in [2.45, 2.75) is 46.3 Å². The molecule has 5 aromatic rings. The number of rotatable bonds is 6. The zero-order valence-electron chi connectivity index (χ0n) is 27.0. The SMILES string of the molecule is COc1ncccc1-c1nc2cc(C)ccn2c1-c1ccc(NC(=O)[C@H](C)N(C)C(=O)OC(C)(C)C)nc1C#Cc1ccccc1. The summed E-state index contributed by atoms with van der Waals surface area (Å²) in [5.41, 5.74) is 5.10. The number of likely N-dealkylation sites (N-methyl/N-ethyl adjacent to an activating group) is 1. The Labute approximate surface area is 268 Å². The lowest BCUT2D eigenvalue weighted by molar-refractivity contribution is -0.120. The molecule has 10 nitrogen and oxygen atoms in total. The number of carbonyl (C=O) groups is 2. The smallest absolute Gasteiger partial charge is 0.410 e. The van der Waals surface area contributed by atoms with Crippen LogP contribution in [0, 0.1) is 18.8 Å². The fourth-order valence-electron chi connectivity index (χ4n) is 4.69. The molecule has 0 bridgehead atoms. The maximum absolute atomic E-state index is 13.3. The average molecular weight is 617 g/mol. The Morgan fingerprint density at radius 3 is 2.46 bits per heavy atom. The van der Waals surface area contributed by atoms with E-state index in [1.165, 1.54) is 11.9 Å². The van der Waals surface area contributed by atoms with Crippen LogP contribution in [0.4, 0.5) is 10.6 Å². The molecule has 1 atom stereocenters. The Balaban J connectivity index is 1.62. The molecule has 0 aliphatic heterocycles. The number of nitrogens with one attached hydrogen (secondary N) is 1. The maximum atomic E-state index is 13.3. The first-order valence-corrected chi connectivity index (χ1v) is 14.8. The number of hydrogen-bond acceptors (Lipinski definition) is 7. The van der Waals surface area contributed by atoms with Gasteiger partial charge < -0.3 is 14.8 Å². The van der Waals surface area contributed by atoms with E-state index in [0.29, 0.717) is 28.4 Å². The maximum Gasteiger partial charge on any atom is 0.410 e. The van der Waals surface area contributed by atoms with Crippen LogP contribution in [-0.2, 0) is 9.53 Å². The molecule has 234 valence electrons. The highest BCUT2D eigenvalue weighted by atomic mass is 16.6. The fourth-order valence-corrected chi connectivity index (χ4v) is 4.69. The highest BCUT2D eigenvalue weighted by Crippen LogP contribution is 2.38. The third-order valence-corrected chi connectivity index (χ3v) is 7.14. The summed E-state index contributed by atoms with van der Waals surface area (Å²) in [6, 6.07) is 20.0. The van der Waals surface area contributed by atoms with Crippen LogP contribution in [0.25, 0.3) is 28.2 Å². The third-order valence-electron chi connectivity index (χ3n) is 7.14. The van der Waals surface area contributed by atoms with Crippen molar-refractivity contribution < 1.29 is 19.1 Å². The van der Waals surface area contributed by atoms with Crippen molar-refractivity contribution in [3.05, 3.63) is 95.9 Å². The van der Waals surface area contributed by atoms with Crippen LogP contribution in [0.15, 0.2) is 79.1 Å². The molecule has 1 N–H and O–H groups in total. The van der Waals surface area contributed by atoms with Crippen molar-refractivity contribution in [1.29, 1.82) is 0 Å². The summed E-state index contributed by atoms with van der Waals surface area (Å²) >= 11 is 0. The largest absolute Gasteiger partial charge is 0.481 e. The number of fused-ring (bicyclic) bond motifs is 1. The average Bonchev–Trinajstić information content (AvgIpc) is 3.40. The molecule has 1 aromatic carbocycles. The van der Waals surface area contributed by atoms with Crippen molar-refractivity contribution >= 4 is 23.5 Å². The van der Waals surface area contributed by atoms with E-state index in [1.54, 1.807) is 47.1 Å². The molecule has 46 heavy (non-hydrogen) atoms. The van der Waals surface area contributed by atoms with Crippen LogP contribution in [0.2, 0.25) is 0 Å². The van der Waals surface area contributed by atoms with Gasteiger partial charge in [-0.2, -0.15) is 0 Å². The Hall–Kier alpha value is -5.69. The van der Waals surface area contributed by atoms with E-state index in [2.05, 4.69) is 22.1 Å². The molecule has 5 rings (SSSR count).